The van der Waals surface area contributed by atoms with E-state index in [-0.39, 0.29) is 11.6 Å². The summed E-state index contributed by atoms with van der Waals surface area (Å²) in [5.74, 6) is -3.37. The Morgan fingerprint density at radius 3 is 2.62 bits per heavy atom. The maximum Gasteiger partial charge on any atom is 0.336 e. The van der Waals surface area contributed by atoms with Gasteiger partial charge in [-0.25, -0.2) is 13.6 Å². The van der Waals surface area contributed by atoms with Gasteiger partial charge in [0.15, 0.2) is 11.6 Å². The van der Waals surface area contributed by atoms with Crippen LogP contribution in [0.2, 0.25) is 0 Å². The standard InChI is InChI=1S/C11H11F2NO2/c12-8-4-6(10-2-1-3-14-10)7(11(15)16)5-9(8)13/h4-5,10,14H,1-3H2,(H,15,16)/t10-/m0/s1. The molecule has 5 heteroatoms. The minimum atomic E-state index is -1.23. The number of halogens is 2. The number of carboxylic acid groups (broad SMARTS) is 1. The quantitative estimate of drug-likeness (QED) is 0.813. The molecule has 1 atom stereocenters. The average Bonchev–Trinajstić information content (AvgIpc) is 2.74. The van der Waals surface area contributed by atoms with Crippen LogP contribution in [0.3, 0.4) is 0 Å². The van der Waals surface area contributed by atoms with Crippen molar-refractivity contribution in [2.24, 2.45) is 0 Å². The van der Waals surface area contributed by atoms with Crippen LogP contribution in [-0.4, -0.2) is 17.6 Å². The summed E-state index contributed by atoms with van der Waals surface area (Å²) >= 11 is 0. The van der Waals surface area contributed by atoms with Gasteiger partial charge in [-0.1, -0.05) is 0 Å². The van der Waals surface area contributed by atoms with Gasteiger partial charge in [0.25, 0.3) is 0 Å². The molecule has 0 amide bonds. The summed E-state index contributed by atoms with van der Waals surface area (Å²) in [5, 5.41) is 12.0. The highest BCUT2D eigenvalue weighted by atomic mass is 19.2. The van der Waals surface area contributed by atoms with Gasteiger partial charge in [-0.2, -0.15) is 0 Å². The van der Waals surface area contributed by atoms with Gasteiger partial charge < -0.3 is 10.4 Å². The van der Waals surface area contributed by atoms with Gasteiger partial charge in [0.05, 0.1) is 5.56 Å². The highest BCUT2D eigenvalue weighted by Crippen LogP contribution is 2.27. The molecule has 0 bridgehead atoms. The lowest BCUT2D eigenvalue weighted by atomic mass is 9.98. The van der Waals surface area contributed by atoms with Gasteiger partial charge in [-0.05, 0) is 37.1 Å². The lowest BCUT2D eigenvalue weighted by molar-refractivity contribution is 0.0694. The van der Waals surface area contributed by atoms with Crippen LogP contribution in [0, 0.1) is 11.6 Å². The van der Waals surface area contributed by atoms with Crippen molar-refractivity contribution in [2.75, 3.05) is 6.54 Å². The SMILES string of the molecule is O=C(O)c1cc(F)c(F)cc1[C@@H]1CCCN1. The summed E-state index contributed by atoms with van der Waals surface area (Å²) in [6, 6.07) is 1.52. The van der Waals surface area contributed by atoms with E-state index < -0.39 is 17.6 Å². The zero-order chi connectivity index (χ0) is 11.7. The second kappa shape index (κ2) is 4.17. The molecule has 0 aliphatic carbocycles. The first kappa shape index (κ1) is 11.0. The number of nitrogens with one attached hydrogen (secondary N) is 1. The Balaban J connectivity index is 2.48. The fourth-order valence-electron chi connectivity index (χ4n) is 1.99. The van der Waals surface area contributed by atoms with Crippen LogP contribution < -0.4 is 5.32 Å². The summed E-state index contributed by atoms with van der Waals surface area (Å²) in [7, 11) is 0. The van der Waals surface area contributed by atoms with E-state index in [0.717, 1.165) is 31.5 Å². The predicted octanol–water partition coefficient (Wildman–Crippen LogP) is 2.09. The number of carboxylic acids is 1. The number of benzene rings is 1. The molecule has 1 saturated heterocycles. The molecule has 1 fully saturated rings. The summed E-state index contributed by atoms with van der Waals surface area (Å²) in [5.41, 5.74) is 0.155. The zero-order valence-electron chi connectivity index (χ0n) is 8.46. The van der Waals surface area contributed by atoms with Gasteiger partial charge >= 0.3 is 5.97 Å². The summed E-state index contributed by atoms with van der Waals surface area (Å²) in [6.07, 6.45) is 1.65. The molecule has 0 spiro atoms. The molecule has 0 unspecified atom stereocenters. The van der Waals surface area contributed by atoms with E-state index in [2.05, 4.69) is 5.32 Å². The molecule has 0 saturated carbocycles. The Hall–Kier alpha value is -1.49. The normalized spacial score (nSPS) is 20.0. The Morgan fingerprint density at radius 2 is 2.06 bits per heavy atom. The van der Waals surface area contributed by atoms with Crippen LogP contribution >= 0.6 is 0 Å². The van der Waals surface area contributed by atoms with E-state index in [1.165, 1.54) is 0 Å². The number of aromatic carboxylic acids is 1. The van der Waals surface area contributed by atoms with Crippen molar-refractivity contribution in [1.29, 1.82) is 0 Å². The number of carbonyl (C=O) groups is 1. The topological polar surface area (TPSA) is 49.3 Å². The first-order valence-corrected chi connectivity index (χ1v) is 5.05. The molecule has 3 nitrogen and oxygen atoms in total. The van der Waals surface area contributed by atoms with E-state index in [9.17, 15) is 13.6 Å². The van der Waals surface area contributed by atoms with Crippen molar-refractivity contribution >= 4 is 5.97 Å². The van der Waals surface area contributed by atoms with Crippen LogP contribution in [0.25, 0.3) is 0 Å². The summed E-state index contributed by atoms with van der Waals surface area (Å²) < 4.78 is 26.0. The van der Waals surface area contributed by atoms with E-state index in [4.69, 9.17) is 5.11 Å². The molecule has 1 aromatic rings. The third kappa shape index (κ3) is 1.90. The first-order valence-electron chi connectivity index (χ1n) is 5.05. The van der Waals surface area contributed by atoms with Crippen molar-refractivity contribution in [2.45, 2.75) is 18.9 Å². The van der Waals surface area contributed by atoms with E-state index >= 15 is 0 Å². The molecule has 0 aromatic heterocycles. The van der Waals surface area contributed by atoms with Crippen LogP contribution in [0.1, 0.15) is 34.8 Å². The van der Waals surface area contributed by atoms with E-state index in [0.29, 0.717) is 5.56 Å². The fourth-order valence-corrected chi connectivity index (χ4v) is 1.99. The highest BCUT2D eigenvalue weighted by Gasteiger charge is 2.24. The van der Waals surface area contributed by atoms with Gasteiger partial charge in [0, 0.05) is 6.04 Å². The van der Waals surface area contributed by atoms with Crippen molar-refractivity contribution < 1.29 is 18.7 Å². The smallest absolute Gasteiger partial charge is 0.336 e. The molecule has 0 radical (unpaired) electrons. The first-order chi connectivity index (χ1) is 7.59. The molecular weight excluding hydrogens is 216 g/mol. The Morgan fingerprint density at radius 1 is 1.38 bits per heavy atom. The second-order valence-corrected chi connectivity index (χ2v) is 3.81. The van der Waals surface area contributed by atoms with Crippen molar-refractivity contribution in [3.63, 3.8) is 0 Å². The van der Waals surface area contributed by atoms with Gasteiger partial charge in [0.1, 0.15) is 0 Å². The number of hydrogen-bond acceptors (Lipinski definition) is 2. The molecule has 1 aliphatic rings. The summed E-state index contributed by atoms with van der Waals surface area (Å²) in [4.78, 5) is 10.9. The number of rotatable bonds is 2. The third-order valence-corrected chi connectivity index (χ3v) is 2.76. The fraction of sp³-hybridized carbons (Fsp3) is 0.364. The highest BCUT2D eigenvalue weighted by molar-refractivity contribution is 5.89. The van der Waals surface area contributed by atoms with Crippen molar-refractivity contribution in [3.8, 4) is 0 Å². The predicted molar refractivity (Wildman–Crippen MR) is 53.3 cm³/mol. The van der Waals surface area contributed by atoms with Crippen LogP contribution in [-0.2, 0) is 0 Å². The zero-order valence-corrected chi connectivity index (χ0v) is 8.46. The minimum absolute atomic E-state index is 0.168. The summed E-state index contributed by atoms with van der Waals surface area (Å²) in [6.45, 7) is 0.767. The van der Waals surface area contributed by atoms with E-state index in [1.807, 2.05) is 0 Å². The lowest BCUT2D eigenvalue weighted by Gasteiger charge is -2.14. The van der Waals surface area contributed by atoms with Crippen LogP contribution in [0.5, 0.6) is 0 Å². The molecule has 1 aliphatic heterocycles. The largest absolute Gasteiger partial charge is 0.478 e. The number of hydrogen-bond donors (Lipinski definition) is 2. The monoisotopic (exact) mass is 227 g/mol. The van der Waals surface area contributed by atoms with Crippen LogP contribution in [0.4, 0.5) is 8.78 Å². The molecule has 1 aromatic carbocycles. The Kier molecular flexibility index (Phi) is 2.87. The molecule has 2 N–H and O–H groups in total. The lowest BCUT2D eigenvalue weighted by Crippen LogP contribution is -2.17. The van der Waals surface area contributed by atoms with Gasteiger partial charge in [-0.15, -0.1) is 0 Å². The van der Waals surface area contributed by atoms with E-state index in [1.54, 1.807) is 0 Å². The molecule has 1 heterocycles. The Labute approximate surface area is 91.1 Å². The Bertz CT molecular complexity index is 428. The second-order valence-electron chi connectivity index (χ2n) is 3.81. The van der Waals surface area contributed by atoms with Crippen molar-refractivity contribution in [1.82, 2.24) is 5.32 Å². The maximum atomic E-state index is 13.1. The molecule has 2 rings (SSSR count). The van der Waals surface area contributed by atoms with Crippen LogP contribution in [0.15, 0.2) is 12.1 Å². The molecular formula is C11H11F2NO2. The minimum Gasteiger partial charge on any atom is -0.478 e. The van der Waals surface area contributed by atoms with Gasteiger partial charge in [0.2, 0.25) is 0 Å². The molecule has 86 valence electrons. The molecule has 16 heavy (non-hydrogen) atoms. The third-order valence-electron chi connectivity index (χ3n) is 2.76. The average molecular weight is 227 g/mol. The maximum absolute atomic E-state index is 13.1. The van der Waals surface area contributed by atoms with Crippen molar-refractivity contribution in [3.05, 3.63) is 34.9 Å². The van der Waals surface area contributed by atoms with Gasteiger partial charge in [-0.3, -0.25) is 0 Å².